The summed E-state index contributed by atoms with van der Waals surface area (Å²) in [6.45, 7) is 5.46. The van der Waals surface area contributed by atoms with Gasteiger partial charge in [0.05, 0.1) is 19.0 Å². The third kappa shape index (κ3) is 5.90. The van der Waals surface area contributed by atoms with Crippen molar-refractivity contribution in [2.24, 2.45) is 5.92 Å². The fourth-order valence-electron chi connectivity index (χ4n) is 3.61. The maximum atomic E-state index is 12.7. The van der Waals surface area contributed by atoms with Crippen molar-refractivity contribution >= 4 is 27.5 Å². The summed E-state index contributed by atoms with van der Waals surface area (Å²) >= 11 is 6.09. The van der Waals surface area contributed by atoms with E-state index in [2.05, 4.69) is 10.2 Å². The molecule has 0 aliphatic carbocycles. The van der Waals surface area contributed by atoms with Crippen LogP contribution in [0.15, 0.2) is 24.3 Å². The molecule has 0 atom stereocenters. The molecule has 0 radical (unpaired) electrons. The number of nitrogens with one attached hydrogen (secondary N) is 1. The standard InChI is InChI=1S/C19H28ClN3O4S/c20-18-4-2-1-3-17(18)15-28(25,26)23-8-5-16(6-9-23)19(24)21-7-10-22-11-13-27-14-12-22/h1-4,16H,5-15H2,(H,21,24). The topological polar surface area (TPSA) is 79.0 Å². The molecule has 0 bridgehead atoms. The lowest BCUT2D eigenvalue weighted by atomic mass is 9.97. The van der Waals surface area contributed by atoms with Gasteiger partial charge in [0.25, 0.3) is 0 Å². The third-order valence-corrected chi connectivity index (χ3v) is 7.54. The molecule has 2 heterocycles. The summed E-state index contributed by atoms with van der Waals surface area (Å²) in [4.78, 5) is 14.7. The normalized spacial score (nSPS) is 20.2. The van der Waals surface area contributed by atoms with Crippen LogP contribution >= 0.6 is 11.6 Å². The van der Waals surface area contributed by atoms with Gasteiger partial charge >= 0.3 is 0 Å². The van der Waals surface area contributed by atoms with E-state index in [1.54, 1.807) is 24.3 Å². The highest BCUT2D eigenvalue weighted by molar-refractivity contribution is 7.88. The number of amides is 1. The summed E-state index contributed by atoms with van der Waals surface area (Å²) in [7, 11) is -3.44. The average molecular weight is 430 g/mol. The predicted molar refractivity (Wildman–Crippen MR) is 109 cm³/mol. The molecular weight excluding hydrogens is 402 g/mol. The highest BCUT2D eigenvalue weighted by Crippen LogP contribution is 2.24. The van der Waals surface area contributed by atoms with Crippen LogP contribution in [-0.4, -0.2) is 76.0 Å². The molecule has 156 valence electrons. The van der Waals surface area contributed by atoms with Crippen molar-refractivity contribution in [3.63, 3.8) is 0 Å². The van der Waals surface area contributed by atoms with Crippen molar-refractivity contribution in [2.75, 3.05) is 52.5 Å². The van der Waals surface area contributed by atoms with E-state index in [4.69, 9.17) is 16.3 Å². The second kappa shape index (κ2) is 10.0. The number of ether oxygens (including phenoxy) is 1. The van der Waals surface area contributed by atoms with Gasteiger partial charge in [-0.3, -0.25) is 9.69 Å². The van der Waals surface area contributed by atoms with Crippen LogP contribution in [0.2, 0.25) is 5.02 Å². The lowest BCUT2D eigenvalue weighted by Gasteiger charge is -2.31. The fourth-order valence-corrected chi connectivity index (χ4v) is 5.48. The third-order valence-electron chi connectivity index (χ3n) is 5.34. The number of nitrogens with zero attached hydrogens (tertiary/aromatic N) is 2. The van der Waals surface area contributed by atoms with Gasteiger partial charge in [-0.1, -0.05) is 29.8 Å². The lowest BCUT2D eigenvalue weighted by Crippen LogP contribution is -2.45. The van der Waals surface area contributed by atoms with Crippen LogP contribution in [0.4, 0.5) is 0 Å². The molecule has 2 fully saturated rings. The molecule has 0 saturated carbocycles. The van der Waals surface area contributed by atoms with Crippen LogP contribution in [0.1, 0.15) is 18.4 Å². The van der Waals surface area contributed by atoms with Crippen LogP contribution < -0.4 is 5.32 Å². The van der Waals surface area contributed by atoms with Crippen molar-refractivity contribution in [1.29, 1.82) is 0 Å². The first-order valence-electron chi connectivity index (χ1n) is 9.75. The molecule has 1 N–H and O–H groups in total. The maximum Gasteiger partial charge on any atom is 0.223 e. The lowest BCUT2D eigenvalue weighted by molar-refractivity contribution is -0.126. The fraction of sp³-hybridized carbons (Fsp3) is 0.632. The minimum Gasteiger partial charge on any atom is -0.379 e. The molecule has 2 saturated heterocycles. The zero-order chi connectivity index (χ0) is 20.0. The molecule has 0 spiro atoms. The summed E-state index contributed by atoms with van der Waals surface area (Å²) < 4.78 is 32.2. The van der Waals surface area contributed by atoms with Gasteiger partial charge in [-0.25, -0.2) is 12.7 Å². The Labute approximate surface area is 172 Å². The highest BCUT2D eigenvalue weighted by Gasteiger charge is 2.31. The molecular formula is C19H28ClN3O4S. The Morgan fingerprint density at radius 3 is 2.50 bits per heavy atom. The molecule has 2 aliphatic rings. The smallest absolute Gasteiger partial charge is 0.223 e. The summed E-state index contributed by atoms with van der Waals surface area (Å²) in [5, 5.41) is 3.45. The van der Waals surface area contributed by atoms with E-state index < -0.39 is 10.0 Å². The first-order chi connectivity index (χ1) is 13.5. The molecule has 28 heavy (non-hydrogen) atoms. The van der Waals surface area contributed by atoms with Gasteiger partial charge in [0.15, 0.2) is 0 Å². The predicted octanol–water partition coefficient (Wildman–Crippen LogP) is 1.33. The molecule has 2 aliphatic heterocycles. The number of rotatable bonds is 7. The molecule has 1 aromatic rings. The SMILES string of the molecule is O=C(NCCN1CCOCC1)C1CCN(S(=O)(=O)Cc2ccccc2Cl)CC1. The molecule has 9 heteroatoms. The molecule has 1 amide bonds. The molecule has 0 aromatic heterocycles. The average Bonchev–Trinajstić information content (AvgIpc) is 2.70. The minimum atomic E-state index is -3.44. The van der Waals surface area contributed by atoms with Gasteiger partial charge in [-0.05, 0) is 24.5 Å². The first kappa shape index (κ1) is 21.5. The first-order valence-corrected chi connectivity index (χ1v) is 11.7. The van der Waals surface area contributed by atoms with Gasteiger partial charge in [0.1, 0.15) is 0 Å². The monoisotopic (exact) mass is 429 g/mol. The molecule has 7 nitrogen and oxygen atoms in total. The summed E-state index contributed by atoms with van der Waals surface area (Å²) in [6.07, 6.45) is 1.09. The Balaban J connectivity index is 1.43. The Bertz CT molecular complexity index is 760. The Morgan fingerprint density at radius 1 is 1.14 bits per heavy atom. The van der Waals surface area contributed by atoms with Crippen LogP contribution in [0.3, 0.4) is 0 Å². The highest BCUT2D eigenvalue weighted by atomic mass is 35.5. The number of hydrogen-bond acceptors (Lipinski definition) is 5. The van der Waals surface area contributed by atoms with Crippen LogP contribution in [0.25, 0.3) is 0 Å². The Kier molecular flexibility index (Phi) is 7.70. The number of morpholine rings is 1. The number of halogens is 1. The van der Waals surface area contributed by atoms with Gasteiger partial charge in [-0.15, -0.1) is 0 Å². The number of carbonyl (C=O) groups is 1. The zero-order valence-corrected chi connectivity index (χ0v) is 17.6. The molecule has 1 aromatic carbocycles. The summed E-state index contributed by atoms with van der Waals surface area (Å²) in [5.74, 6) is -0.212. The quantitative estimate of drug-likeness (QED) is 0.707. The molecule has 0 unspecified atom stereocenters. The number of benzene rings is 1. The maximum absolute atomic E-state index is 12.7. The Morgan fingerprint density at radius 2 is 1.82 bits per heavy atom. The largest absolute Gasteiger partial charge is 0.379 e. The minimum absolute atomic E-state index is 0.0245. The zero-order valence-electron chi connectivity index (χ0n) is 16.0. The summed E-state index contributed by atoms with van der Waals surface area (Å²) in [5.41, 5.74) is 0.604. The summed E-state index contributed by atoms with van der Waals surface area (Å²) in [6, 6.07) is 6.99. The number of piperidine rings is 1. The van der Waals surface area contributed by atoms with E-state index in [0.717, 1.165) is 32.8 Å². The van der Waals surface area contributed by atoms with Gasteiger partial charge in [-0.2, -0.15) is 0 Å². The van der Waals surface area contributed by atoms with Crippen molar-refractivity contribution in [2.45, 2.75) is 18.6 Å². The van der Waals surface area contributed by atoms with Crippen molar-refractivity contribution in [1.82, 2.24) is 14.5 Å². The van der Waals surface area contributed by atoms with Crippen LogP contribution in [-0.2, 0) is 25.3 Å². The van der Waals surface area contributed by atoms with Crippen LogP contribution in [0.5, 0.6) is 0 Å². The second-order valence-electron chi connectivity index (χ2n) is 7.27. The second-order valence-corrected chi connectivity index (χ2v) is 9.64. The molecule has 3 rings (SSSR count). The van der Waals surface area contributed by atoms with E-state index in [1.807, 2.05) is 0 Å². The van der Waals surface area contributed by atoms with Crippen molar-refractivity contribution < 1.29 is 17.9 Å². The van der Waals surface area contributed by atoms with Gasteiger partial charge in [0, 0.05) is 50.2 Å². The van der Waals surface area contributed by atoms with E-state index in [-0.39, 0.29) is 17.6 Å². The number of hydrogen-bond donors (Lipinski definition) is 1. The van der Waals surface area contributed by atoms with E-state index >= 15 is 0 Å². The van der Waals surface area contributed by atoms with E-state index in [1.165, 1.54) is 4.31 Å². The van der Waals surface area contributed by atoms with E-state index in [0.29, 0.717) is 43.1 Å². The van der Waals surface area contributed by atoms with Gasteiger partial charge < -0.3 is 10.1 Å². The van der Waals surface area contributed by atoms with E-state index in [9.17, 15) is 13.2 Å². The van der Waals surface area contributed by atoms with Crippen molar-refractivity contribution in [3.8, 4) is 0 Å². The van der Waals surface area contributed by atoms with Gasteiger partial charge in [0.2, 0.25) is 15.9 Å². The van der Waals surface area contributed by atoms with Crippen LogP contribution in [0, 0.1) is 5.92 Å². The number of sulfonamides is 1. The number of carbonyl (C=O) groups excluding carboxylic acids is 1. The Hall–Kier alpha value is -1.19. The van der Waals surface area contributed by atoms with Crippen molar-refractivity contribution in [3.05, 3.63) is 34.9 Å².